The molecule has 1 rings (SSSR count). The predicted octanol–water partition coefficient (Wildman–Crippen LogP) is 13.6. The van der Waals surface area contributed by atoms with Crippen LogP contribution in [-0.2, 0) is 0 Å². The smallest absolute Gasteiger partial charge is 0.101 e. The van der Waals surface area contributed by atoms with E-state index in [1.54, 1.807) is 0 Å². The van der Waals surface area contributed by atoms with E-state index >= 15 is 0 Å². The minimum absolute atomic E-state index is 0.641. The summed E-state index contributed by atoms with van der Waals surface area (Å²) >= 11 is 0. The van der Waals surface area contributed by atoms with Gasteiger partial charge in [-0.1, -0.05) is 194 Å². The van der Waals surface area contributed by atoms with Crippen LogP contribution in [0.1, 0.15) is 220 Å². The predicted molar refractivity (Wildman–Crippen MR) is 186 cm³/mol. The SMILES string of the molecule is CCCCCCCCCCCCCCCCCCC1N(CCCCCC)C=CN1CCCCCCCCCCCC. The molecule has 0 spiro atoms. The van der Waals surface area contributed by atoms with Gasteiger partial charge < -0.3 is 9.80 Å². The molecule has 0 radical (unpaired) electrons. The monoisotopic (exact) mass is 575 g/mol. The van der Waals surface area contributed by atoms with Crippen LogP contribution in [0.3, 0.4) is 0 Å². The van der Waals surface area contributed by atoms with Crippen molar-refractivity contribution in [1.82, 2.24) is 9.80 Å². The van der Waals surface area contributed by atoms with Gasteiger partial charge in [0.25, 0.3) is 0 Å². The van der Waals surface area contributed by atoms with Gasteiger partial charge in [-0.2, -0.15) is 0 Å². The average molecular weight is 575 g/mol. The number of hydrogen-bond donors (Lipinski definition) is 0. The Bertz CT molecular complexity index is 530. The van der Waals surface area contributed by atoms with E-state index in [4.69, 9.17) is 0 Å². The van der Waals surface area contributed by atoms with E-state index in [9.17, 15) is 0 Å². The highest BCUT2D eigenvalue weighted by Crippen LogP contribution is 2.24. The van der Waals surface area contributed by atoms with E-state index < -0.39 is 0 Å². The molecule has 2 nitrogen and oxygen atoms in total. The molecular formula is C39H78N2. The van der Waals surface area contributed by atoms with Crippen LogP contribution in [0.4, 0.5) is 0 Å². The molecule has 0 amide bonds. The molecule has 1 heterocycles. The van der Waals surface area contributed by atoms with Gasteiger partial charge in [0.2, 0.25) is 0 Å². The van der Waals surface area contributed by atoms with Crippen LogP contribution < -0.4 is 0 Å². The van der Waals surface area contributed by atoms with Crippen molar-refractivity contribution in [3.8, 4) is 0 Å². The highest BCUT2D eigenvalue weighted by Gasteiger charge is 2.24. The van der Waals surface area contributed by atoms with Gasteiger partial charge in [-0.25, -0.2) is 0 Å². The topological polar surface area (TPSA) is 6.48 Å². The second-order valence-electron chi connectivity index (χ2n) is 13.6. The van der Waals surface area contributed by atoms with E-state index in [0.717, 1.165) is 0 Å². The molecule has 0 N–H and O–H groups in total. The van der Waals surface area contributed by atoms with Gasteiger partial charge in [0.05, 0.1) is 0 Å². The molecule has 0 aromatic carbocycles. The first-order chi connectivity index (χ1) is 20.3. The lowest BCUT2D eigenvalue weighted by molar-refractivity contribution is 0.135. The Morgan fingerprint density at radius 2 is 0.561 bits per heavy atom. The zero-order chi connectivity index (χ0) is 29.5. The first kappa shape index (κ1) is 38.4. The van der Waals surface area contributed by atoms with E-state index in [1.165, 1.54) is 212 Å². The summed E-state index contributed by atoms with van der Waals surface area (Å²) in [6, 6.07) is 0. The van der Waals surface area contributed by atoms with E-state index in [0.29, 0.717) is 6.17 Å². The summed E-state index contributed by atoms with van der Waals surface area (Å²) in [5, 5.41) is 0. The maximum atomic E-state index is 2.70. The molecule has 41 heavy (non-hydrogen) atoms. The summed E-state index contributed by atoms with van der Waals surface area (Å²) in [5.74, 6) is 0. The molecule has 244 valence electrons. The second kappa shape index (κ2) is 30.8. The van der Waals surface area contributed by atoms with Crippen LogP contribution in [-0.4, -0.2) is 29.1 Å². The molecule has 1 atom stereocenters. The van der Waals surface area contributed by atoms with Crippen LogP contribution in [0.15, 0.2) is 12.4 Å². The van der Waals surface area contributed by atoms with Crippen LogP contribution in [0.25, 0.3) is 0 Å². The molecule has 1 aliphatic heterocycles. The molecule has 0 saturated carbocycles. The fourth-order valence-corrected chi connectivity index (χ4v) is 6.72. The van der Waals surface area contributed by atoms with Crippen molar-refractivity contribution >= 4 is 0 Å². The lowest BCUT2D eigenvalue weighted by Crippen LogP contribution is -2.39. The lowest BCUT2D eigenvalue weighted by Gasteiger charge is -2.33. The largest absolute Gasteiger partial charge is 0.356 e. The van der Waals surface area contributed by atoms with Gasteiger partial charge in [0.1, 0.15) is 6.17 Å². The fourth-order valence-electron chi connectivity index (χ4n) is 6.72. The van der Waals surface area contributed by atoms with E-state index in [2.05, 4.69) is 43.0 Å². The summed E-state index contributed by atoms with van der Waals surface area (Å²) in [6.07, 6.45) is 50.0. The average Bonchev–Trinajstić information content (AvgIpc) is 3.37. The van der Waals surface area contributed by atoms with Gasteiger partial charge in [0.15, 0.2) is 0 Å². The van der Waals surface area contributed by atoms with Crippen LogP contribution in [0.5, 0.6) is 0 Å². The van der Waals surface area contributed by atoms with Crippen LogP contribution in [0, 0.1) is 0 Å². The molecule has 2 heteroatoms. The van der Waals surface area contributed by atoms with Gasteiger partial charge in [-0.3, -0.25) is 0 Å². The maximum absolute atomic E-state index is 2.70. The quantitative estimate of drug-likeness (QED) is 0.0719. The van der Waals surface area contributed by atoms with Gasteiger partial charge in [-0.05, 0) is 25.7 Å². The summed E-state index contributed by atoms with van der Waals surface area (Å²) in [4.78, 5) is 5.40. The summed E-state index contributed by atoms with van der Waals surface area (Å²) in [6.45, 7) is 9.47. The fraction of sp³-hybridized carbons (Fsp3) is 0.949. The Morgan fingerprint density at radius 1 is 0.317 bits per heavy atom. The Labute approximate surface area is 260 Å². The normalized spacial score (nSPS) is 15.0. The third kappa shape index (κ3) is 23.5. The van der Waals surface area contributed by atoms with Crippen molar-refractivity contribution in [2.24, 2.45) is 0 Å². The molecular weight excluding hydrogens is 496 g/mol. The molecule has 0 aromatic rings. The molecule has 0 aromatic heterocycles. The van der Waals surface area contributed by atoms with Crippen LogP contribution >= 0.6 is 0 Å². The number of rotatable bonds is 33. The summed E-state index contributed by atoms with van der Waals surface area (Å²) in [7, 11) is 0. The van der Waals surface area contributed by atoms with E-state index in [1.807, 2.05) is 0 Å². The third-order valence-corrected chi connectivity index (χ3v) is 9.57. The zero-order valence-electron chi connectivity index (χ0n) is 29.0. The zero-order valence-corrected chi connectivity index (χ0v) is 29.0. The van der Waals surface area contributed by atoms with Gasteiger partial charge >= 0.3 is 0 Å². The summed E-state index contributed by atoms with van der Waals surface area (Å²) in [5.41, 5.74) is 0. The number of nitrogens with zero attached hydrogens (tertiary/aromatic N) is 2. The molecule has 1 unspecified atom stereocenters. The van der Waals surface area contributed by atoms with Crippen molar-refractivity contribution in [3.63, 3.8) is 0 Å². The summed E-state index contributed by atoms with van der Waals surface area (Å²) < 4.78 is 0. The minimum Gasteiger partial charge on any atom is -0.356 e. The van der Waals surface area contributed by atoms with E-state index in [-0.39, 0.29) is 0 Å². The lowest BCUT2D eigenvalue weighted by atomic mass is 10.0. The van der Waals surface area contributed by atoms with Crippen molar-refractivity contribution < 1.29 is 0 Å². The van der Waals surface area contributed by atoms with Gasteiger partial charge in [-0.15, -0.1) is 0 Å². The Hall–Kier alpha value is -0.660. The Balaban J connectivity index is 2.10. The van der Waals surface area contributed by atoms with Crippen molar-refractivity contribution in [2.75, 3.05) is 13.1 Å². The van der Waals surface area contributed by atoms with Gasteiger partial charge in [0, 0.05) is 25.5 Å². The Morgan fingerprint density at radius 3 is 0.878 bits per heavy atom. The second-order valence-corrected chi connectivity index (χ2v) is 13.6. The first-order valence-electron chi connectivity index (χ1n) is 19.5. The molecule has 0 aliphatic carbocycles. The Kier molecular flexibility index (Phi) is 28.8. The highest BCUT2D eigenvalue weighted by atomic mass is 15.4. The van der Waals surface area contributed by atoms with Crippen molar-refractivity contribution in [1.29, 1.82) is 0 Å². The molecule has 0 fully saturated rings. The van der Waals surface area contributed by atoms with Crippen molar-refractivity contribution in [3.05, 3.63) is 12.4 Å². The standard InChI is InChI=1S/C39H78N2/c1-4-7-10-13-15-17-19-20-21-22-23-24-25-27-29-31-34-39-40(35-32-12-9-6-3)37-38-41(39)36-33-30-28-26-18-16-14-11-8-5-2/h37-39H,4-36H2,1-3H3. The van der Waals surface area contributed by atoms with Crippen LogP contribution in [0.2, 0.25) is 0 Å². The molecule has 0 saturated heterocycles. The molecule has 1 aliphatic rings. The minimum atomic E-state index is 0.641. The third-order valence-electron chi connectivity index (χ3n) is 9.57. The van der Waals surface area contributed by atoms with Crippen molar-refractivity contribution in [2.45, 2.75) is 226 Å². The molecule has 0 bridgehead atoms. The first-order valence-corrected chi connectivity index (χ1v) is 19.5. The highest BCUT2D eigenvalue weighted by molar-refractivity contribution is 4.97. The number of hydrogen-bond acceptors (Lipinski definition) is 2. The maximum Gasteiger partial charge on any atom is 0.101 e. The number of unbranched alkanes of at least 4 members (excludes halogenated alkanes) is 27.